The first-order valence-electron chi connectivity index (χ1n) is 35.2. The van der Waals surface area contributed by atoms with E-state index in [1.165, 1.54) is 193 Å². The van der Waals surface area contributed by atoms with E-state index in [4.69, 9.17) is 14.2 Å². The van der Waals surface area contributed by atoms with Gasteiger partial charge in [0.15, 0.2) is 6.10 Å². The first-order valence-corrected chi connectivity index (χ1v) is 35.2. The van der Waals surface area contributed by atoms with Crippen LogP contribution in [0.15, 0.2) is 97.2 Å². The lowest BCUT2D eigenvalue weighted by molar-refractivity contribution is -0.167. The fourth-order valence-corrected chi connectivity index (χ4v) is 10.1. The Hall–Kier alpha value is -3.67. The lowest BCUT2D eigenvalue weighted by atomic mass is 10.0. The van der Waals surface area contributed by atoms with Gasteiger partial charge in [-0.15, -0.1) is 0 Å². The van der Waals surface area contributed by atoms with Crippen molar-refractivity contribution >= 4 is 17.9 Å². The van der Waals surface area contributed by atoms with Crippen LogP contribution >= 0.6 is 0 Å². The van der Waals surface area contributed by atoms with Gasteiger partial charge >= 0.3 is 17.9 Å². The van der Waals surface area contributed by atoms with Gasteiger partial charge in [-0.2, -0.15) is 0 Å². The fourth-order valence-electron chi connectivity index (χ4n) is 10.1. The Labute approximate surface area is 508 Å². The predicted octanol–water partition coefficient (Wildman–Crippen LogP) is 24.4. The van der Waals surface area contributed by atoms with E-state index in [1.54, 1.807) is 0 Å². The molecule has 0 heterocycles. The number of rotatable bonds is 64. The molecule has 6 nitrogen and oxygen atoms in total. The second kappa shape index (κ2) is 69.8. The third-order valence-electron chi connectivity index (χ3n) is 15.4. The van der Waals surface area contributed by atoms with Crippen LogP contribution in [-0.2, 0) is 28.6 Å². The second-order valence-corrected chi connectivity index (χ2v) is 23.4. The van der Waals surface area contributed by atoms with E-state index in [0.29, 0.717) is 19.3 Å². The van der Waals surface area contributed by atoms with Gasteiger partial charge in [0.2, 0.25) is 0 Å². The summed E-state index contributed by atoms with van der Waals surface area (Å²) >= 11 is 0. The summed E-state index contributed by atoms with van der Waals surface area (Å²) in [5.74, 6) is -0.877. The first kappa shape index (κ1) is 78.3. The largest absolute Gasteiger partial charge is 0.462 e. The van der Waals surface area contributed by atoms with E-state index in [0.717, 1.165) is 116 Å². The summed E-state index contributed by atoms with van der Waals surface area (Å²) in [6.45, 7) is 6.48. The molecule has 472 valence electrons. The summed E-state index contributed by atoms with van der Waals surface area (Å²) in [5, 5.41) is 0. The van der Waals surface area contributed by atoms with Crippen LogP contribution in [0.25, 0.3) is 0 Å². The monoisotopic (exact) mass is 1140 g/mol. The maximum Gasteiger partial charge on any atom is 0.306 e. The molecule has 0 aromatic rings. The van der Waals surface area contributed by atoms with Crippen LogP contribution in [-0.4, -0.2) is 37.2 Å². The van der Waals surface area contributed by atoms with Crippen LogP contribution in [0.5, 0.6) is 0 Å². The Morgan fingerprint density at radius 1 is 0.256 bits per heavy atom. The van der Waals surface area contributed by atoms with Gasteiger partial charge in [0.1, 0.15) is 13.2 Å². The number of hydrogen-bond acceptors (Lipinski definition) is 6. The maximum absolute atomic E-state index is 12.9. The summed E-state index contributed by atoms with van der Waals surface area (Å²) in [6, 6.07) is 0. The van der Waals surface area contributed by atoms with Gasteiger partial charge in [0.05, 0.1) is 0 Å². The molecule has 0 fully saturated rings. The summed E-state index contributed by atoms with van der Waals surface area (Å²) in [5.41, 5.74) is 0. The molecule has 82 heavy (non-hydrogen) atoms. The molecule has 0 saturated heterocycles. The van der Waals surface area contributed by atoms with Crippen LogP contribution in [0, 0.1) is 0 Å². The van der Waals surface area contributed by atoms with Crippen LogP contribution in [0.1, 0.15) is 348 Å². The quantitative estimate of drug-likeness (QED) is 0.0261. The van der Waals surface area contributed by atoms with Gasteiger partial charge in [0, 0.05) is 19.3 Å². The normalized spacial score (nSPS) is 12.7. The van der Waals surface area contributed by atoms with Gasteiger partial charge in [-0.05, 0) is 83.5 Å². The van der Waals surface area contributed by atoms with E-state index in [-0.39, 0.29) is 31.1 Å². The average Bonchev–Trinajstić information content (AvgIpc) is 3.48. The van der Waals surface area contributed by atoms with E-state index in [9.17, 15) is 14.4 Å². The van der Waals surface area contributed by atoms with Gasteiger partial charge in [-0.25, -0.2) is 0 Å². The molecule has 1 unspecified atom stereocenters. The molecule has 0 bridgehead atoms. The van der Waals surface area contributed by atoms with Crippen LogP contribution in [0.3, 0.4) is 0 Å². The molecule has 0 aliphatic rings. The Morgan fingerprint density at radius 3 is 0.744 bits per heavy atom. The molecule has 0 amide bonds. The maximum atomic E-state index is 12.9. The molecule has 0 aromatic heterocycles. The van der Waals surface area contributed by atoms with E-state index < -0.39 is 6.10 Å². The smallest absolute Gasteiger partial charge is 0.306 e. The van der Waals surface area contributed by atoms with Gasteiger partial charge in [-0.1, -0.05) is 343 Å². The number of carbonyl (C=O) groups excluding carboxylic acids is 3. The van der Waals surface area contributed by atoms with Crippen molar-refractivity contribution in [1.82, 2.24) is 0 Å². The molecule has 0 aliphatic carbocycles. The Balaban J connectivity index is 3.99. The van der Waals surface area contributed by atoms with Gasteiger partial charge in [0.25, 0.3) is 0 Å². The SMILES string of the molecule is CC/C=C\C/C=C\C/C=C\C/C=C\C/C=C\C/C=C\C/C=C\C/C=C\CCCCCCCCCCCCC(=O)OCC(COC(=O)CCCCCCC)OC(=O)CCCCCCCCCCCCCCCCCCCCCCCCCC. The van der Waals surface area contributed by atoms with Crippen molar-refractivity contribution < 1.29 is 28.6 Å². The van der Waals surface area contributed by atoms with Crippen molar-refractivity contribution in [2.45, 2.75) is 354 Å². The minimum atomic E-state index is -0.774. The molecule has 0 radical (unpaired) electrons. The average molecular weight is 1140 g/mol. The molecule has 0 aromatic carbocycles. The number of ether oxygens (including phenoxy) is 3. The highest BCUT2D eigenvalue weighted by molar-refractivity contribution is 5.71. The zero-order valence-corrected chi connectivity index (χ0v) is 54.2. The molecule has 0 aliphatic heterocycles. The Morgan fingerprint density at radius 2 is 0.476 bits per heavy atom. The standard InChI is InChI=1S/C76H132O6/c1-4-7-10-13-15-17-19-21-23-25-27-29-31-33-34-35-36-37-38-39-40-41-42-43-45-46-48-50-52-54-56-58-60-63-66-69-75(78)81-72-73(71-80-74(77)68-65-62-12-9-6-3)82-76(79)70-67-64-61-59-57-55-53-51-49-47-44-32-30-28-26-24-22-20-18-16-14-11-8-5-2/h7,10,15,17,21,23,27,29,33-34,36-37,39-40,42-43,73H,4-6,8-9,11-14,16,18-20,22,24-26,28,30-32,35,38,41,44-72H2,1-3H3/b10-7-,17-15-,23-21-,29-27-,34-33-,37-36-,40-39-,43-42-. The number of carbonyl (C=O) groups is 3. The van der Waals surface area contributed by atoms with Crippen molar-refractivity contribution in [1.29, 1.82) is 0 Å². The summed E-state index contributed by atoms with van der Waals surface area (Å²) < 4.78 is 16.8. The van der Waals surface area contributed by atoms with Crippen molar-refractivity contribution in [2.75, 3.05) is 13.2 Å². The molecule has 0 rings (SSSR count). The fraction of sp³-hybridized carbons (Fsp3) is 0.750. The lowest BCUT2D eigenvalue weighted by Crippen LogP contribution is -2.30. The molecule has 0 saturated carbocycles. The zero-order valence-electron chi connectivity index (χ0n) is 54.2. The first-order chi connectivity index (χ1) is 40.5. The molecule has 1 atom stereocenters. The zero-order chi connectivity index (χ0) is 59.2. The predicted molar refractivity (Wildman–Crippen MR) is 357 cm³/mol. The third kappa shape index (κ3) is 67.1. The minimum Gasteiger partial charge on any atom is -0.462 e. The number of allylic oxidation sites excluding steroid dienone is 16. The van der Waals surface area contributed by atoms with Crippen LogP contribution in [0.4, 0.5) is 0 Å². The number of esters is 3. The van der Waals surface area contributed by atoms with Gasteiger partial charge < -0.3 is 14.2 Å². The van der Waals surface area contributed by atoms with Crippen molar-refractivity contribution in [2.24, 2.45) is 0 Å². The highest BCUT2D eigenvalue weighted by Gasteiger charge is 2.19. The highest BCUT2D eigenvalue weighted by Crippen LogP contribution is 2.18. The number of unbranched alkanes of at least 4 members (excludes halogenated alkanes) is 37. The lowest BCUT2D eigenvalue weighted by Gasteiger charge is -2.18. The molecule has 0 N–H and O–H groups in total. The van der Waals surface area contributed by atoms with Crippen molar-refractivity contribution in [3.8, 4) is 0 Å². The summed E-state index contributed by atoms with van der Waals surface area (Å²) in [7, 11) is 0. The molecule has 6 heteroatoms. The van der Waals surface area contributed by atoms with Crippen LogP contribution < -0.4 is 0 Å². The van der Waals surface area contributed by atoms with E-state index >= 15 is 0 Å². The molecule has 0 spiro atoms. The van der Waals surface area contributed by atoms with Crippen LogP contribution in [0.2, 0.25) is 0 Å². The summed E-state index contributed by atoms with van der Waals surface area (Å²) in [4.78, 5) is 38.0. The summed E-state index contributed by atoms with van der Waals surface area (Å²) in [6.07, 6.45) is 94.9. The topological polar surface area (TPSA) is 78.9 Å². The third-order valence-corrected chi connectivity index (χ3v) is 15.4. The molecular weight excluding hydrogens is 1010 g/mol. The Bertz CT molecular complexity index is 1590. The Kier molecular flexibility index (Phi) is 66.7. The van der Waals surface area contributed by atoms with E-state index in [1.807, 2.05) is 0 Å². The van der Waals surface area contributed by atoms with Crippen molar-refractivity contribution in [3.05, 3.63) is 97.2 Å². The van der Waals surface area contributed by atoms with Crippen molar-refractivity contribution in [3.63, 3.8) is 0 Å². The molecular formula is C76H132O6. The number of hydrogen-bond donors (Lipinski definition) is 0. The second-order valence-electron chi connectivity index (χ2n) is 23.4. The van der Waals surface area contributed by atoms with E-state index in [2.05, 4.69) is 118 Å². The minimum absolute atomic E-state index is 0.0750. The van der Waals surface area contributed by atoms with Gasteiger partial charge in [-0.3, -0.25) is 14.4 Å². The highest BCUT2D eigenvalue weighted by atomic mass is 16.6.